The third-order valence-corrected chi connectivity index (χ3v) is 6.78. The van der Waals surface area contributed by atoms with E-state index in [2.05, 4.69) is 6.07 Å². The van der Waals surface area contributed by atoms with E-state index in [-0.39, 0.29) is 11.9 Å². The third kappa shape index (κ3) is 2.71. The van der Waals surface area contributed by atoms with Gasteiger partial charge in [-0.05, 0) is 43.5 Å². The molecule has 0 aliphatic carbocycles. The van der Waals surface area contributed by atoms with Gasteiger partial charge in [0, 0.05) is 13.0 Å². The Balaban J connectivity index is 1.46. The Morgan fingerprint density at radius 1 is 1.21 bits per heavy atom. The first-order valence-corrected chi connectivity index (χ1v) is 10.3. The molecule has 2 atom stereocenters. The van der Waals surface area contributed by atoms with Crippen molar-refractivity contribution in [2.45, 2.75) is 37.8 Å². The summed E-state index contributed by atoms with van der Waals surface area (Å²) in [7, 11) is 0. The molecule has 3 heterocycles. The molecule has 1 amide bonds. The molecule has 2 aliphatic rings. The number of esters is 1. The quantitative estimate of drug-likeness (QED) is 0.615. The predicted molar refractivity (Wildman–Crippen MR) is 107 cm³/mol. The number of benzene rings is 2. The number of thiazole rings is 1. The zero-order chi connectivity index (χ0) is 19.3. The first-order valence-electron chi connectivity index (χ1n) is 9.53. The summed E-state index contributed by atoms with van der Waals surface area (Å²) in [4.78, 5) is 32.6. The molecule has 5 rings (SSSR count). The van der Waals surface area contributed by atoms with Crippen LogP contribution in [0, 0.1) is 0 Å². The lowest BCUT2D eigenvalue weighted by Crippen LogP contribution is -2.53. The topological polar surface area (TPSA) is 59.5 Å². The number of carbonyl (C=O) groups is 2. The normalized spacial score (nSPS) is 24.2. The van der Waals surface area contributed by atoms with E-state index in [1.807, 2.05) is 41.3 Å². The van der Waals surface area contributed by atoms with Crippen molar-refractivity contribution >= 4 is 33.4 Å². The van der Waals surface area contributed by atoms with Crippen molar-refractivity contribution in [3.05, 3.63) is 64.7 Å². The lowest BCUT2D eigenvalue weighted by atomic mass is 9.88. The molecule has 6 heteroatoms. The summed E-state index contributed by atoms with van der Waals surface area (Å²) >= 11 is 1.64. The van der Waals surface area contributed by atoms with Gasteiger partial charge in [0.15, 0.2) is 5.60 Å². The number of ether oxygens (including phenoxy) is 1. The van der Waals surface area contributed by atoms with Gasteiger partial charge in [0.1, 0.15) is 5.01 Å². The lowest BCUT2D eigenvalue weighted by molar-refractivity contribution is -0.152. The molecule has 0 N–H and O–H groups in total. The Bertz CT molecular complexity index is 1060. The van der Waals surface area contributed by atoms with Crippen LogP contribution in [-0.2, 0) is 16.0 Å². The highest BCUT2D eigenvalue weighted by Gasteiger charge is 2.47. The van der Waals surface area contributed by atoms with E-state index in [1.54, 1.807) is 24.3 Å². The first-order chi connectivity index (χ1) is 13.5. The molecule has 0 spiro atoms. The Hall–Kier alpha value is -2.73. The van der Waals surface area contributed by atoms with Gasteiger partial charge in [0.2, 0.25) is 0 Å². The van der Waals surface area contributed by atoms with Crippen LogP contribution in [0.15, 0.2) is 48.5 Å². The molecule has 2 aromatic carbocycles. The van der Waals surface area contributed by atoms with Crippen LogP contribution < -0.4 is 0 Å². The number of nitrogens with zero attached hydrogens (tertiary/aromatic N) is 2. The number of cyclic esters (lactones) is 1. The minimum absolute atomic E-state index is 0.0578. The molecule has 142 valence electrons. The van der Waals surface area contributed by atoms with Gasteiger partial charge in [0.05, 0.1) is 21.8 Å². The molecule has 0 bridgehead atoms. The maximum absolute atomic E-state index is 13.5. The fraction of sp³-hybridized carbons (Fsp3) is 0.318. The number of aromatic nitrogens is 1. The van der Waals surface area contributed by atoms with E-state index in [1.165, 1.54) is 0 Å². The van der Waals surface area contributed by atoms with E-state index in [0.29, 0.717) is 18.5 Å². The number of rotatable bonds is 2. The van der Waals surface area contributed by atoms with Crippen LogP contribution in [-0.4, -0.2) is 33.9 Å². The second-order valence-corrected chi connectivity index (χ2v) is 8.69. The summed E-state index contributed by atoms with van der Waals surface area (Å²) in [6, 6.07) is 15.3. The second-order valence-electron chi connectivity index (χ2n) is 7.63. The van der Waals surface area contributed by atoms with Crippen molar-refractivity contribution in [2.75, 3.05) is 6.54 Å². The molecule has 1 saturated heterocycles. The van der Waals surface area contributed by atoms with E-state index < -0.39 is 11.6 Å². The largest absolute Gasteiger partial charge is 0.445 e. The molecular weight excluding hydrogens is 372 g/mol. The van der Waals surface area contributed by atoms with Crippen molar-refractivity contribution < 1.29 is 14.3 Å². The smallest absolute Gasteiger partial charge is 0.339 e. The van der Waals surface area contributed by atoms with E-state index in [0.717, 1.165) is 33.6 Å². The summed E-state index contributed by atoms with van der Waals surface area (Å²) < 4.78 is 6.80. The summed E-state index contributed by atoms with van der Waals surface area (Å²) in [5, 5.41) is 0.957. The highest BCUT2D eigenvalue weighted by Crippen LogP contribution is 2.39. The zero-order valence-electron chi connectivity index (χ0n) is 15.6. The summed E-state index contributed by atoms with van der Waals surface area (Å²) in [5.74, 6) is -0.550. The number of fused-ring (bicyclic) bond motifs is 2. The van der Waals surface area contributed by atoms with Crippen LogP contribution in [0.2, 0.25) is 0 Å². The molecule has 3 aromatic rings. The molecule has 5 nitrogen and oxygen atoms in total. The van der Waals surface area contributed by atoms with Gasteiger partial charge in [0.25, 0.3) is 5.91 Å². The van der Waals surface area contributed by atoms with Crippen molar-refractivity contribution in [3.8, 4) is 0 Å². The number of amides is 1. The Labute approximate surface area is 166 Å². The van der Waals surface area contributed by atoms with Gasteiger partial charge in [-0.15, -0.1) is 11.3 Å². The highest BCUT2D eigenvalue weighted by atomic mass is 32.1. The maximum atomic E-state index is 13.5. The molecule has 28 heavy (non-hydrogen) atoms. The van der Waals surface area contributed by atoms with Crippen molar-refractivity contribution in [3.63, 3.8) is 0 Å². The van der Waals surface area contributed by atoms with Crippen LogP contribution in [0.25, 0.3) is 10.2 Å². The second kappa shape index (κ2) is 6.41. The maximum Gasteiger partial charge on any atom is 0.339 e. The summed E-state index contributed by atoms with van der Waals surface area (Å²) in [6.07, 6.45) is 2.20. The van der Waals surface area contributed by atoms with Crippen LogP contribution >= 0.6 is 11.3 Å². The summed E-state index contributed by atoms with van der Waals surface area (Å²) in [6.45, 7) is 2.39. The zero-order valence-corrected chi connectivity index (χ0v) is 16.4. The minimum Gasteiger partial charge on any atom is -0.445 e. The Kier molecular flexibility index (Phi) is 3.98. The van der Waals surface area contributed by atoms with Crippen molar-refractivity contribution in [1.82, 2.24) is 9.88 Å². The molecule has 2 aliphatic heterocycles. The molecular formula is C22H20N2O3S. The highest BCUT2D eigenvalue weighted by molar-refractivity contribution is 7.18. The number of hydrogen-bond donors (Lipinski definition) is 0. The van der Waals surface area contributed by atoms with Crippen molar-refractivity contribution in [2.24, 2.45) is 0 Å². The van der Waals surface area contributed by atoms with Crippen LogP contribution in [0.3, 0.4) is 0 Å². The van der Waals surface area contributed by atoms with Crippen molar-refractivity contribution in [1.29, 1.82) is 0 Å². The van der Waals surface area contributed by atoms with E-state index in [4.69, 9.17) is 9.72 Å². The van der Waals surface area contributed by atoms with Crippen LogP contribution in [0.4, 0.5) is 0 Å². The minimum atomic E-state index is -1.18. The SMILES string of the molecule is C[C@]1(C(=O)N2CCC[C@H]2c2nc3ccccc3s2)Cc2ccccc2C(=O)O1. The van der Waals surface area contributed by atoms with Crippen LogP contribution in [0.1, 0.15) is 46.7 Å². The third-order valence-electron chi connectivity index (χ3n) is 5.64. The first kappa shape index (κ1) is 17.4. The average Bonchev–Trinajstić information content (AvgIpc) is 3.33. The number of likely N-dealkylation sites (tertiary alicyclic amines) is 1. The van der Waals surface area contributed by atoms with Gasteiger partial charge in [-0.25, -0.2) is 9.78 Å². The number of para-hydroxylation sites is 1. The standard InChI is InChI=1S/C22H20N2O3S/c1-22(13-14-7-2-3-8-15(14)20(25)27-22)21(26)24-12-6-10-17(24)19-23-16-9-4-5-11-18(16)28-19/h2-5,7-9,11,17H,6,10,12-13H2,1H3/t17-,22+/m0/s1. The molecule has 1 aromatic heterocycles. The molecule has 0 unspecified atom stereocenters. The Morgan fingerprint density at radius 2 is 2.00 bits per heavy atom. The summed E-state index contributed by atoms with van der Waals surface area (Å²) in [5.41, 5.74) is 1.21. The molecule has 0 saturated carbocycles. The Morgan fingerprint density at radius 3 is 2.86 bits per heavy atom. The average molecular weight is 392 g/mol. The van der Waals surface area contributed by atoms with E-state index >= 15 is 0 Å². The van der Waals surface area contributed by atoms with E-state index in [9.17, 15) is 9.59 Å². The van der Waals surface area contributed by atoms with Gasteiger partial charge >= 0.3 is 5.97 Å². The van der Waals surface area contributed by atoms with Gasteiger partial charge in [-0.2, -0.15) is 0 Å². The number of hydrogen-bond acceptors (Lipinski definition) is 5. The fourth-order valence-corrected chi connectivity index (χ4v) is 5.37. The molecule has 1 fully saturated rings. The van der Waals surface area contributed by atoms with Gasteiger partial charge in [-0.1, -0.05) is 30.3 Å². The monoisotopic (exact) mass is 392 g/mol. The fourth-order valence-electron chi connectivity index (χ4n) is 4.25. The van der Waals surface area contributed by atoms with Crippen LogP contribution in [0.5, 0.6) is 0 Å². The molecule has 0 radical (unpaired) electrons. The van der Waals surface area contributed by atoms with Gasteiger partial charge in [-0.3, -0.25) is 4.79 Å². The number of carbonyl (C=O) groups excluding carboxylic acids is 2. The lowest BCUT2D eigenvalue weighted by Gasteiger charge is -2.37. The predicted octanol–water partition coefficient (Wildman–Crippen LogP) is 4.13. The van der Waals surface area contributed by atoms with Gasteiger partial charge < -0.3 is 9.64 Å².